The third kappa shape index (κ3) is 3.04. The van der Waals surface area contributed by atoms with Crippen LogP contribution in [-0.4, -0.2) is 59.1 Å². The van der Waals surface area contributed by atoms with Crippen LogP contribution < -0.4 is 0 Å². The van der Waals surface area contributed by atoms with Gasteiger partial charge in [-0.25, -0.2) is 12.8 Å². The van der Waals surface area contributed by atoms with Gasteiger partial charge < -0.3 is 9.47 Å². The van der Waals surface area contributed by atoms with Crippen LogP contribution in [0, 0.1) is 5.82 Å². The summed E-state index contributed by atoms with van der Waals surface area (Å²) in [5, 5.41) is 8.66. The minimum absolute atomic E-state index is 0.112. The Bertz CT molecular complexity index is 896. The molecule has 26 heavy (non-hydrogen) atoms. The molecule has 0 saturated carbocycles. The van der Waals surface area contributed by atoms with Gasteiger partial charge in [-0.15, -0.1) is 10.2 Å². The molecule has 1 aromatic heterocycles. The molecule has 0 radical (unpaired) electrons. The van der Waals surface area contributed by atoms with E-state index in [-0.39, 0.29) is 10.9 Å². The molecule has 0 unspecified atom stereocenters. The molecule has 2 aromatic rings. The summed E-state index contributed by atoms with van der Waals surface area (Å²) in [6, 6.07) is 4.67. The van der Waals surface area contributed by atoms with Crippen LogP contribution >= 0.6 is 0 Å². The van der Waals surface area contributed by atoms with Crippen LogP contribution in [-0.2, 0) is 23.0 Å². The van der Waals surface area contributed by atoms with E-state index in [0.29, 0.717) is 13.0 Å². The lowest BCUT2D eigenvalue weighted by Gasteiger charge is -2.24. The fourth-order valence-electron chi connectivity index (χ4n) is 3.73. The second kappa shape index (κ2) is 6.71. The van der Waals surface area contributed by atoms with Gasteiger partial charge in [-0.1, -0.05) is 0 Å². The highest BCUT2D eigenvalue weighted by Crippen LogP contribution is 2.36. The normalized spacial score (nSPS) is 22.3. The van der Waals surface area contributed by atoms with E-state index < -0.39 is 15.8 Å². The molecular formula is C17H22FN5O2S. The molecule has 0 amide bonds. The zero-order valence-corrected chi connectivity index (χ0v) is 15.5. The molecule has 9 heteroatoms. The lowest BCUT2D eigenvalue weighted by Crippen LogP contribution is -2.32. The van der Waals surface area contributed by atoms with Crippen molar-refractivity contribution in [2.45, 2.75) is 36.7 Å². The minimum Gasteiger partial charge on any atom is -0.312 e. The Hall–Kier alpha value is -1.84. The Morgan fingerprint density at radius 2 is 1.85 bits per heavy atom. The van der Waals surface area contributed by atoms with Crippen LogP contribution in [0.25, 0.3) is 0 Å². The average molecular weight is 379 g/mol. The SMILES string of the molecule is CN1CCc2nnc([C@H]3CCCN3S(=O)(=O)c3ccc(F)cc3)n2CC1. The predicted octanol–water partition coefficient (Wildman–Crippen LogP) is 1.43. The first-order valence-electron chi connectivity index (χ1n) is 8.85. The summed E-state index contributed by atoms with van der Waals surface area (Å²) >= 11 is 0. The van der Waals surface area contributed by atoms with Crippen molar-refractivity contribution in [3.8, 4) is 0 Å². The molecule has 0 bridgehead atoms. The first-order valence-corrected chi connectivity index (χ1v) is 10.3. The second-order valence-corrected chi connectivity index (χ2v) is 8.80. The zero-order chi connectivity index (χ0) is 18.3. The van der Waals surface area contributed by atoms with E-state index in [4.69, 9.17) is 0 Å². The smallest absolute Gasteiger partial charge is 0.243 e. The molecule has 0 aliphatic carbocycles. The van der Waals surface area contributed by atoms with Crippen molar-refractivity contribution < 1.29 is 12.8 Å². The van der Waals surface area contributed by atoms with Crippen LogP contribution in [0.2, 0.25) is 0 Å². The maximum absolute atomic E-state index is 13.2. The van der Waals surface area contributed by atoms with E-state index in [9.17, 15) is 12.8 Å². The Kier molecular flexibility index (Phi) is 4.54. The summed E-state index contributed by atoms with van der Waals surface area (Å²) in [6.07, 6.45) is 2.29. The molecule has 4 rings (SSSR count). The number of nitrogens with zero attached hydrogens (tertiary/aromatic N) is 5. The lowest BCUT2D eigenvalue weighted by atomic mass is 10.2. The summed E-state index contributed by atoms with van der Waals surface area (Å²) in [5.41, 5.74) is 0. The first kappa shape index (κ1) is 17.6. The highest BCUT2D eigenvalue weighted by molar-refractivity contribution is 7.89. The predicted molar refractivity (Wildman–Crippen MR) is 93.5 cm³/mol. The molecule has 2 aliphatic rings. The number of hydrogen-bond acceptors (Lipinski definition) is 5. The quantitative estimate of drug-likeness (QED) is 0.807. The molecular weight excluding hydrogens is 357 g/mol. The maximum Gasteiger partial charge on any atom is 0.243 e. The van der Waals surface area contributed by atoms with Crippen molar-refractivity contribution in [3.63, 3.8) is 0 Å². The fourth-order valence-corrected chi connectivity index (χ4v) is 5.38. The number of hydrogen-bond donors (Lipinski definition) is 0. The van der Waals surface area contributed by atoms with Gasteiger partial charge in [-0.05, 0) is 44.2 Å². The standard InChI is InChI=1S/C17H22FN5O2S/c1-21-10-8-16-19-20-17(22(16)12-11-21)15-3-2-9-23(15)26(24,25)14-6-4-13(18)5-7-14/h4-7,15H,2-3,8-12H2,1H3/t15-/m1/s1. The third-order valence-corrected chi connectivity index (χ3v) is 7.12. The molecule has 1 atom stereocenters. The van der Waals surface area contributed by atoms with Crippen LogP contribution in [0.15, 0.2) is 29.2 Å². The molecule has 1 aromatic carbocycles. The van der Waals surface area contributed by atoms with Gasteiger partial charge in [0, 0.05) is 32.6 Å². The van der Waals surface area contributed by atoms with E-state index in [2.05, 4.69) is 26.7 Å². The van der Waals surface area contributed by atoms with Crippen molar-refractivity contribution in [2.24, 2.45) is 0 Å². The van der Waals surface area contributed by atoms with E-state index in [1.165, 1.54) is 28.6 Å². The summed E-state index contributed by atoms with van der Waals surface area (Å²) in [7, 11) is -1.63. The Labute approximate surface area is 152 Å². The molecule has 0 spiro atoms. The molecule has 3 heterocycles. The number of halogens is 1. The third-order valence-electron chi connectivity index (χ3n) is 5.20. The van der Waals surface area contributed by atoms with Crippen molar-refractivity contribution in [1.29, 1.82) is 0 Å². The zero-order valence-electron chi connectivity index (χ0n) is 14.7. The number of rotatable bonds is 3. The van der Waals surface area contributed by atoms with E-state index in [0.717, 1.165) is 44.1 Å². The van der Waals surface area contributed by atoms with Crippen molar-refractivity contribution in [1.82, 2.24) is 24.0 Å². The minimum atomic E-state index is -3.70. The largest absolute Gasteiger partial charge is 0.312 e. The first-order chi connectivity index (χ1) is 12.5. The van der Waals surface area contributed by atoms with Gasteiger partial charge >= 0.3 is 0 Å². The second-order valence-electron chi connectivity index (χ2n) is 6.91. The van der Waals surface area contributed by atoms with Crippen molar-refractivity contribution in [2.75, 3.05) is 26.7 Å². The summed E-state index contributed by atoms with van der Waals surface area (Å²) < 4.78 is 42.9. The monoisotopic (exact) mass is 379 g/mol. The summed E-state index contributed by atoms with van der Waals surface area (Å²) in [5.74, 6) is 1.18. The highest BCUT2D eigenvalue weighted by Gasteiger charge is 2.39. The van der Waals surface area contributed by atoms with Gasteiger partial charge in [0.15, 0.2) is 5.82 Å². The van der Waals surface area contributed by atoms with E-state index >= 15 is 0 Å². The Morgan fingerprint density at radius 3 is 2.62 bits per heavy atom. The lowest BCUT2D eigenvalue weighted by molar-refractivity contribution is 0.330. The fraction of sp³-hybridized carbons (Fsp3) is 0.529. The average Bonchev–Trinajstić information content (AvgIpc) is 3.21. The van der Waals surface area contributed by atoms with Gasteiger partial charge in [-0.2, -0.15) is 4.31 Å². The topological polar surface area (TPSA) is 71.3 Å². The number of fused-ring (bicyclic) bond motifs is 1. The molecule has 1 fully saturated rings. The van der Waals surface area contributed by atoms with Crippen LogP contribution in [0.4, 0.5) is 4.39 Å². The number of aromatic nitrogens is 3. The molecule has 7 nitrogen and oxygen atoms in total. The summed E-state index contributed by atoms with van der Waals surface area (Å²) in [4.78, 5) is 2.35. The van der Waals surface area contributed by atoms with Crippen molar-refractivity contribution in [3.05, 3.63) is 41.7 Å². The van der Waals surface area contributed by atoms with Gasteiger partial charge in [0.05, 0.1) is 10.9 Å². The molecule has 0 N–H and O–H groups in total. The van der Waals surface area contributed by atoms with Gasteiger partial charge in [0.2, 0.25) is 10.0 Å². The van der Waals surface area contributed by atoms with Gasteiger partial charge in [0.25, 0.3) is 0 Å². The number of likely N-dealkylation sites (N-methyl/N-ethyl adjacent to an activating group) is 1. The molecule has 2 aliphatic heterocycles. The number of sulfonamides is 1. The van der Waals surface area contributed by atoms with Crippen LogP contribution in [0.3, 0.4) is 0 Å². The number of benzene rings is 1. The van der Waals surface area contributed by atoms with Gasteiger partial charge in [0.1, 0.15) is 11.6 Å². The van der Waals surface area contributed by atoms with E-state index in [1.54, 1.807) is 0 Å². The summed E-state index contributed by atoms with van der Waals surface area (Å²) in [6.45, 7) is 3.00. The maximum atomic E-state index is 13.2. The van der Waals surface area contributed by atoms with Gasteiger partial charge in [-0.3, -0.25) is 0 Å². The highest BCUT2D eigenvalue weighted by atomic mass is 32.2. The molecule has 1 saturated heterocycles. The van der Waals surface area contributed by atoms with E-state index in [1.807, 2.05) is 0 Å². The van der Waals surface area contributed by atoms with Crippen molar-refractivity contribution >= 4 is 10.0 Å². The molecule has 140 valence electrons. The van der Waals surface area contributed by atoms with Crippen LogP contribution in [0.5, 0.6) is 0 Å². The Morgan fingerprint density at radius 1 is 1.08 bits per heavy atom. The Balaban J connectivity index is 1.68. The van der Waals surface area contributed by atoms with Crippen LogP contribution in [0.1, 0.15) is 30.5 Å².